The second-order valence-corrected chi connectivity index (χ2v) is 12.9. The Hall–Kier alpha value is -1.63. The Morgan fingerprint density at radius 1 is 1.03 bits per heavy atom. The third kappa shape index (κ3) is 3.07. The first-order valence-electron chi connectivity index (χ1n) is 12.7. The number of ether oxygens (including phenoxy) is 2. The van der Waals surface area contributed by atoms with Gasteiger partial charge in [0.1, 0.15) is 11.4 Å². The van der Waals surface area contributed by atoms with E-state index < -0.39 is 34.7 Å². The molecule has 6 heteroatoms. The number of esters is 1. The highest BCUT2D eigenvalue weighted by molar-refractivity contribution is 5.89. The van der Waals surface area contributed by atoms with Crippen molar-refractivity contribution in [3.63, 3.8) is 0 Å². The number of rotatable bonds is 1. The summed E-state index contributed by atoms with van der Waals surface area (Å²) in [4.78, 5) is 12.2. The van der Waals surface area contributed by atoms with Crippen molar-refractivity contribution < 1.29 is 29.6 Å². The maximum atomic E-state index is 12.2. The Morgan fingerprint density at radius 3 is 2.38 bits per heavy atom. The zero-order chi connectivity index (χ0) is 24.8. The summed E-state index contributed by atoms with van der Waals surface area (Å²) in [6.45, 7) is 10.7. The van der Waals surface area contributed by atoms with Gasteiger partial charge in [-0.1, -0.05) is 27.7 Å². The summed E-state index contributed by atoms with van der Waals surface area (Å²) in [5.74, 6) is 0.104. The Morgan fingerprint density at radius 2 is 1.71 bits per heavy atom. The minimum Gasteiger partial charge on any atom is -0.487 e. The summed E-state index contributed by atoms with van der Waals surface area (Å²) in [5, 5.41) is 34.8. The van der Waals surface area contributed by atoms with Crippen LogP contribution in [-0.2, 0) is 11.2 Å². The summed E-state index contributed by atoms with van der Waals surface area (Å²) in [5.41, 5.74) is -0.352. The van der Waals surface area contributed by atoms with Crippen molar-refractivity contribution >= 4 is 5.97 Å². The van der Waals surface area contributed by atoms with Crippen molar-refractivity contribution in [1.82, 2.24) is 0 Å². The molecule has 3 saturated carbocycles. The molecule has 3 N–H and O–H groups in total. The number of carbonyl (C=O) groups excluding carboxylic acids is 1. The van der Waals surface area contributed by atoms with Crippen LogP contribution in [0.3, 0.4) is 0 Å². The standard InChI is InChI=1S/C28H40O6/c1-25(2)10-9-21(31)28(5)22(25)17(29)13-26(3)20-12-16-11-15(24(32)33-6)7-8-19(16)34-27(20,4)14-18(30)23(26)28/h7-8,11,17-18,20-23,29-31H,9-10,12-14H2,1-6H3/t17-,18+,20+,21-,22+,23+,26+,27+,28+/m1/s1. The molecule has 1 aliphatic heterocycles. The average molecular weight is 473 g/mol. The number of hydrogen-bond acceptors (Lipinski definition) is 6. The fourth-order valence-electron chi connectivity index (χ4n) is 9.47. The molecule has 0 saturated heterocycles. The molecule has 6 nitrogen and oxygen atoms in total. The van der Waals surface area contributed by atoms with Gasteiger partial charge >= 0.3 is 5.97 Å². The lowest BCUT2D eigenvalue weighted by molar-refractivity contribution is -0.292. The van der Waals surface area contributed by atoms with Gasteiger partial charge < -0.3 is 24.8 Å². The predicted molar refractivity (Wildman–Crippen MR) is 127 cm³/mol. The second-order valence-electron chi connectivity index (χ2n) is 12.9. The van der Waals surface area contributed by atoms with E-state index in [0.717, 1.165) is 17.7 Å². The molecule has 5 rings (SSSR count). The van der Waals surface area contributed by atoms with Gasteiger partial charge in [0.15, 0.2) is 0 Å². The lowest BCUT2D eigenvalue weighted by Gasteiger charge is -2.71. The maximum absolute atomic E-state index is 12.2. The molecule has 1 heterocycles. The molecule has 3 fully saturated rings. The summed E-state index contributed by atoms with van der Waals surface area (Å²) in [6.07, 6.45) is 1.45. The number of aliphatic hydroxyl groups is 3. The van der Waals surface area contributed by atoms with Gasteiger partial charge in [-0.15, -0.1) is 0 Å². The number of aliphatic hydroxyl groups excluding tert-OH is 3. The minimum absolute atomic E-state index is 0.0125. The van der Waals surface area contributed by atoms with Crippen LogP contribution in [0.15, 0.2) is 18.2 Å². The van der Waals surface area contributed by atoms with E-state index >= 15 is 0 Å². The summed E-state index contributed by atoms with van der Waals surface area (Å²) in [7, 11) is 1.38. The van der Waals surface area contributed by atoms with Gasteiger partial charge in [-0.2, -0.15) is 0 Å². The Kier molecular flexibility index (Phi) is 5.27. The van der Waals surface area contributed by atoms with Crippen molar-refractivity contribution in [2.75, 3.05) is 7.11 Å². The molecule has 0 spiro atoms. The number of carbonyl (C=O) groups is 1. The first-order valence-corrected chi connectivity index (χ1v) is 12.7. The van der Waals surface area contributed by atoms with Crippen LogP contribution >= 0.6 is 0 Å². The largest absolute Gasteiger partial charge is 0.487 e. The van der Waals surface area contributed by atoms with E-state index in [-0.39, 0.29) is 29.1 Å². The second kappa shape index (κ2) is 7.44. The van der Waals surface area contributed by atoms with Crippen LogP contribution in [0.5, 0.6) is 5.75 Å². The lowest BCUT2D eigenvalue weighted by atomic mass is 9.36. The molecular weight excluding hydrogens is 432 g/mol. The normalized spacial score (nSPS) is 46.7. The summed E-state index contributed by atoms with van der Waals surface area (Å²) >= 11 is 0. The van der Waals surface area contributed by atoms with E-state index in [1.807, 2.05) is 12.1 Å². The van der Waals surface area contributed by atoms with Crippen LogP contribution in [0, 0.1) is 34.0 Å². The van der Waals surface area contributed by atoms with Gasteiger partial charge in [0.25, 0.3) is 0 Å². The third-order valence-electron chi connectivity index (χ3n) is 10.5. The summed E-state index contributed by atoms with van der Waals surface area (Å²) in [6, 6.07) is 5.39. The molecular formula is C28H40O6. The molecule has 3 aliphatic carbocycles. The van der Waals surface area contributed by atoms with Crippen LogP contribution in [0.2, 0.25) is 0 Å². The van der Waals surface area contributed by atoms with Crippen LogP contribution in [-0.4, -0.2) is 52.3 Å². The van der Waals surface area contributed by atoms with E-state index in [1.165, 1.54) is 7.11 Å². The van der Waals surface area contributed by atoms with Crippen LogP contribution in [0.25, 0.3) is 0 Å². The van der Waals surface area contributed by atoms with Crippen LogP contribution < -0.4 is 4.74 Å². The SMILES string of the molecule is COC(=O)c1ccc2c(c1)C[C@H]1[C@]3(C)C[C@@H](O)[C@H]4C(C)(C)CC[C@@H](O)[C@]4(C)[C@H]3[C@@H](O)C[C@]1(C)O2. The minimum atomic E-state index is -0.648. The van der Waals surface area contributed by atoms with E-state index in [1.54, 1.807) is 6.07 Å². The zero-order valence-electron chi connectivity index (χ0n) is 21.3. The molecule has 0 amide bonds. The van der Waals surface area contributed by atoms with E-state index in [2.05, 4.69) is 34.6 Å². The molecule has 0 radical (unpaired) electrons. The quantitative estimate of drug-likeness (QED) is 0.539. The van der Waals surface area contributed by atoms with Gasteiger partial charge in [-0.25, -0.2) is 4.79 Å². The van der Waals surface area contributed by atoms with Crippen molar-refractivity contribution in [2.45, 2.75) is 90.6 Å². The Balaban J connectivity index is 1.62. The highest BCUT2D eigenvalue weighted by Crippen LogP contribution is 2.70. The molecule has 9 atom stereocenters. The van der Waals surface area contributed by atoms with Crippen LogP contribution in [0.1, 0.15) is 76.2 Å². The van der Waals surface area contributed by atoms with Crippen molar-refractivity contribution in [3.8, 4) is 5.75 Å². The zero-order valence-corrected chi connectivity index (χ0v) is 21.3. The van der Waals surface area contributed by atoms with E-state index in [0.29, 0.717) is 31.2 Å². The first-order chi connectivity index (χ1) is 15.8. The molecule has 1 aromatic carbocycles. The third-order valence-corrected chi connectivity index (χ3v) is 10.5. The highest BCUT2D eigenvalue weighted by atomic mass is 16.5. The number of benzene rings is 1. The monoisotopic (exact) mass is 472 g/mol. The van der Waals surface area contributed by atoms with E-state index in [9.17, 15) is 20.1 Å². The smallest absolute Gasteiger partial charge is 0.337 e. The first kappa shape index (κ1) is 24.1. The van der Waals surface area contributed by atoms with Gasteiger partial charge in [0.2, 0.25) is 0 Å². The van der Waals surface area contributed by atoms with Gasteiger partial charge in [-0.05, 0) is 79.0 Å². The summed E-state index contributed by atoms with van der Waals surface area (Å²) < 4.78 is 11.5. The lowest BCUT2D eigenvalue weighted by Crippen LogP contribution is -2.73. The molecule has 0 unspecified atom stereocenters. The maximum Gasteiger partial charge on any atom is 0.337 e. The Bertz CT molecular complexity index is 1000. The molecule has 4 aliphatic rings. The number of hydrogen-bond donors (Lipinski definition) is 3. The molecule has 188 valence electrons. The topological polar surface area (TPSA) is 96.2 Å². The fourth-order valence-corrected chi connectivity index (χ4v) is 9.47. The van der Waals surface area contributed by atoms with Crippen molar-refractivity contribution in [1.29, 1.82) is 0 Å². The Labute approximate surface area is 202 Å². The van der Waals surface area contributed by atoms with Crippen molar-refractivity contribution in [2.24, 2.45) is 34.0 Å². The molecule has 1 aromatic rings. The van der Waals surface area contributed by atoms with E-state index in [4.69, 9.17) is 9.47 Å². The van der Waals surface area contributed by atoms with Gasteiger partial charge in [-0.3, -0.25) is 0 Å². The van der Waals surface area contributed by atoms with Crippen molar-refractivity contribution in [3.05, 3.63) is 29.3 Å². The van der Waals surface area contributed by atoms with Gasteiger partial charge in [0.05, 0.1) is 31.0 Å². The number of methoxy groups -OCH3 is 1. The predicted octanol–water partition coefficient (Wildman–Crippen LogP) is 3.74. The van der Waals surface area contributed by atoms with Crippen LogP contribution in [0.4, 0.5) is 0 Å². The number of fused-ring (bicyclic) bond motifs is 6. The molecule has 34 heavy (non-hydrogen) atoms. The average Bonchev–Trinajstić information content (AvgIpc) is 2.73. The fraction of sp³-hybridized carbons (Fsp3) is 0.750. The molecule has 0 aromatic heterocycles. The van der Waals surface area contributed by atoms with Gasteiger partial charge in [0, 0.05) is 17.8 Å². The molecule has 0 bridgehead atoms. The highest BCUT2D eigenvalue weighted by Gasteiger charge is 2.72.